The summed E-state index contributed by atoms with van der Waals surface area (Å²) in [5.74, 6) is 0.714. The quantitative estimate of drug-likeness (QED) is 0.867. The van der Waals surface area contributed by atoms with Crippen LogP contribution in [0.25, 0.3) is 0 Å². The van der Waals surface area contributed by atoms with Gasteiger partial charge in [0.1, 0.15) is 18.4 Å². The number of carbonyl (C=O) groups is 1. The molecular formula is C15H16ClN3O2. The summed E-state index contributed by atoms with van der Waals surface area (Å²) in [4.78, 5) is 24.4. The monoisotopic (exact) mass is 305 g/mol. The third kappa shape index (κ3) is 3.98. The summed E-state index contributed by atoms with van der Waals surface area (Å²) in [5.41, 5.74) is -0.580. The van der Waals surface area contributed by atoms with E-state index in [0.717, 1.165) is 0 Å². The highest BCUT2D eigenvalue weighted by molar-refractivity contribution is 6.30. The van der Waals surface area contributed by atoms with Gasteiger partial charge in [0.25, 0.3) is 0 Å². The van der Waals surface area contributed by atoms with Crippen LogP contribution >= 0.6 is 11.6 Å². The summed E-state index contributed by atoms with van der Waals surface area (Å²) in [6.45, 7) is 5.48. The minimum absolute atomic E-state index is 0.108. The summed E-state index contributed by atoms with van der Waals surface area (Å²) >= 11 is 5.84. The van der Waals surface area contributed by atoms with Crippen molar-refractivity contribution in [1.29, 1.82) is 0 Å². The molecule has 2 aromatic rings. The molecule has 0 bridgehead atoms. The van der Waals surface area contributed by atoms with Gasteiger partial charge in [0, 0.05) is 10.4 Å². The number of ether oxygens (including phenoxy) is 1. The standard InChI is InChI=1S/C15H16ClN3O2/c1-15(2,3)13(20)12(14-18-8-17-9-19-14)21-11-6-4-10(16)5-7-11/h4-9,12H,1-3H3. The highest BCUT2D eigenvalue weighted by Gasteiger charge is 2.34. The highest BCUT2D eigenvalue weighted by atomic mass is 35.5. The van der Waals surface area contributed by atoms with Gasteiger partial charge in [-0.1, -0.05) is 32.4 Å². The summed E-state index contributed by atoms with van der Waals surface area (Å²) < 4.78 is 5.78. The number of aromatic nitrogens is 3. The molecule has 0 aliphatic carbocycles. The number of halogens is 1. The number of hydrogen-bond donors (Lipinski definition) is 0. The fraction of sp³-hybridized carbons (Fsp3) is 0.333. The smallest absolute Gasteiger partial charge is 0.216 e. The molecule has 6 heteroatoms. The zero-order valence-corrected chi connectivity index (χ0v) is 12.8. The zero-order valence-electron chi connectivity index (χ0n) is 12.1. The van der Waals surface area contributed by atoms with Crippen LogP contribution in [0.4, 0.5) is 0 Å². The normalized spacial score (nSPS) is 12.8. The Kier molecular flexibility index (Phi) is 4.53. The minimum Gasteiger partial charge on any atom is -0.475 e. The van der Waals surface area contributed by atoms with Gasteiger partial charge in [-0.25, -0.2) is 15.0 Å². The zero-order chi connectivity index (χ0) is 15.5. The average molecular weight is 306 g/mol. The average Bonchev–Trinajstić information content (AvgIpc) is 2.46. The van der Waals surface area contributed by atoms with Crippen LogP contribution in [-0.2, 0) is 4.79 Å². The number of Topliss-reactive ketones (excluding diaryl/α,β-unsaturated/α-hetero) is 1. The van der Waals surface area contributed by atoms with E-state index in [9.17, 15) is 4.79 Å². The molecule has 0 amide bonds. The Bertz CT molecular complexity index is 609. The molecular weight excluding hydrogens is 290 g/mol. The van der Waals surface area contributed by atoms with E-state index in [1.807, 2.05) is 20.8 Å². The molecule has 0 aliphatic heterocycles. The molecule has 1 aromatic heterocycles. The van der Waals surface area contributed by atoms with Gasteiger partial charge in [-0.05, 0) is 24.3 Å². The SMILES string of the molecule is CC(C)(C)C(=O)C(Oc1ccc(Cl)cc1)c1ncncn1. The van der Waals surface area contributed by atoms with Gasteiger partial charge in [-0.3, -0.25) is 4.79 Å². The van der Waals surface area contributed by atoms with E-state index in [2.05, 4.69) is 15.0 Å². The second kappa shape index (κ2) is 6.18. The third-order valence-corrected chi connectivity index (χ3v) is 3.04. The van der Waals surface area contributed by atoms with E-state index in [1.54, 1.807) is 24.3 Å². The van der Waals surface area contributed by atoms with Gasteiger partial charge in [0.15, 0.2) is 11.6 Å². The fourth-order valence-corrected chi connectivity index (χ4v) is 1.78. The van der Waals surface area contributed by atoms with Crippen molar-refractivity contribution in [2.24, 2.45) is 5.41 Å². The van der Waals surface area contributed by atoms with Crippen molar-refractivity contribution < 1.29 is 9.53 Å². The van der Waals surface area contributed by atoms with Crippen LogP contribution < -0.4 is 4.74 Å². The third-order valence-electron chi connectivity index (χ3n) is 2.79. The van der Waals surface area contributed by atoms with E-state index in [-0.39, 0.29) is 5.78 Å². The van der Waals surface area contributed by atoms with Crippen molar-refractivity contribution in [1.82, 2.24) is 15.0 Å². The van der Waals surface area contributed by atoms with Crippen LogP contribution in [0.1, 0.15) is 32.7 Å². The van der Waals surface area contributed by atoms with E-state index in [4.69, 9.17) is 16.3 Å². The topological polar surface area (TPSA) is 65.0 Å². The van der Waals surface area contributed by atoms with Crippen LogP contribution in [0, 0.1) is 5.41 Å². The summed E-state index contributed by atoms with van der Waals surface area (Å²) in [6.07, 6.45) is 1.81. The number of benzene rings is 1. The number of hydrogen-bond acceptors (Lipinski definition) is 5. The predicted octanol–water partition coefficient (Wildman–Crippen LogP) is 3.26. The lowest BCUT2D eigenvalue weighted by Crippen LogP contribution is -2.31. The molecule has 0 aliphatic rings. The molecule has 0 spiro atoms. The second-order valence-electron chi connectivity index (χ2n) is 5.56. The van der Waals surface area contributed by atoms with Crippen LogP contribution in [0.2, 0.25) is 5.02 Å². The largest absolute Gasteiger partial charge is 0.475 e. The molecule has 0 saturated heterocycles. The van der Waals surface area contributed by atoms with Gasteiger partial charge in [0.05, 0.1) is 0 Å². The molecule has 0 N–H and O–H groups in total. The Balaban J connectivity index is 2.32. The van der Waals surface area contributed by atoms with Gasteiger partial charge < -0.3 is 4.74 Å². The van der Waals surface area contributed by atoms with Crippen molar-refractivity contribution in [3.8, 4) is 5.75 Å². The van der Waals surface area contributed by atoms with Crippen molar-refractivity contribution in [2.45, 2.75) is 26.9 Å². The molecule has 0 saturated carbocycles. The van der Waals surface area contributed by atoms with Gasteiger partial charge in [-0.15, -0.1) is 0 Å². The first kappa shape index (κ1) is 15.4. The Hall–Kier alpha value is -2.01. The Morgan fingerprint density at radius 2 is 1.71 bits per heavy atom. The molecule has 1 atom stereocenters. The van der Waals surface area contributed by atoms with Crippen LogP contribution in [0.5, 0.6) is 5.75 Å². The Morgan fingerprint density at radius 1 is 1.14 bits per heavy atom. The van der Waals surface area contributed by atoms with Crippen molar-refractivity contribution in [2.75, 3.05) is 0 Å². The summed E-state index contributed by atoms with van der Waals surface area (Å²) in [5, 5.41) is 0.598. The van der Waals surface area contributed by atoms with Gasteiger partial charge in [-0.2, -0.15) is 0 Å². The van der Waals surface area contributed by atoms with E-state index in [0.29, 0.717) is 16.6 Å². The maximum atomic E-state index is 12.6. The van der Waals surface area contributed by atoms with E-state index in [1.165, 1.54) is 12.7 Å². The van der Waals surface area contributed by atoms with E-state index < -0.39 is 11.5 Å². The lowest BCUT2D eigenvalue weighted by molar-refractivity contribution is -0.134. The van der Waals surface area contributed by atoms with Crippen molar-refractivity contribution >= 4 is 17.4 Å². The molecule has 0 fully saturated rings. The van der Waals surface area contributed by atoms with Crippen molar-refractivity contribution in [3.63, 3.8) is 0 Å². The fourth-order valence-electron chi connectivity index (χ4n) is 1.65. The summed E-state index contributed by atoms with van der Waals surface area (Å²) in [6, 6.07) is 6.80. The molecule has 0 radical (unpaired) electrons. The maximum Gasteiger partial charge on any atom is 0.216 e. The van der Waals surface area contributed by atoms with Crippen LogP contribution in [-0.4, -0.2) is 20.7 Å². The van der Waals surface area contributed by atoms with E-state index >= 15 is 0 Å². The lowest BCUT2D eigenvalue weighted by Gasteiger charge is -2.24. The molecule has 2 rings (SSSR count). The molecule has 1 unspecified atom stereocenters. The summed E-state index contributed by atoms with van der Waals surface area (Å²) in [7, 11) is 0. The van der Waals surface area contributed by atoms with Gasteiger partial charge in [0.2, 0.25) is 6.10 Å². The maximum absolute atomic E-state index is 12.6. The first-order chi connectivity index (χ1) is 9.88. The Labute approximate surface area is 128 Å². The predicted molar refractivity (Wildman–Crippen MR) is 79.1 cm³/mol. The van der Waals surface area contributed by atoms with Crippen LogP contribution in [0.3, 0.4) is 0 Å². The molecule has 1 aromatic carbocycles. The van der Waals surface area contributed by atoms with Crippen molar-refractivity contribution in [3.05, 3.63) is 47.8 Å². The number of carbonyl (C=O) groups excluding carboxylic acids is 1. The Morgan fingerprint density at radius 3 is 2.24 bits per heavy atom. The first-order valence-corrected chi connectivity index (χ1v) is 6.84. The molecule has 1 heterocycles. The molecule has 110 valence electrons. The first-order valence-electron chi connectivity index (χ1n) is 6.46. The number of ketones is 1. The lowest BCUT2D eigenvalue weighted by atomic mass is 9.87. The van der Waals surface area contributed by atoms with Crippen LogP contribution in [0.15, 0.2) is 36.9 Å². The van der Waals surface area contributed by atoms with Gasteiger partial charge >= 0.3 is 0 Å². The number of nitrogens with zero attached hydrogens (tertiary/aromatic N) is 3. The second-order valence-corrected chi connectivity index (χ2v) is 6.00. The number of rotatable bonds is 4. The minimum atomic E-state index is -0.880. The highest BCUT2D eigenvalue weighted by Crippen LogP contribution is 2.28. The molecule has 21 heavy (non-hydrogen) atoms. The molecule has 5 nitrogen and oxygen atoms in total.